The van der Waals surface area contributed by atoms with E-state index in [9.17, 15) is 4.79 Å². The number of hydrogen-bond acceptors (Lipinski definition) is 4. The number of rotatable bonds is 6. The number of piperidine rings is 1. The van der Waals surface area contributed by atoms with Crippen LogP contribution in [0.15, 0.2) is 0 Å². The van der Waals surface area contributed by atoms with E-state index in [1.54, 1.807) is 0 Å². The maximum absolute atomic E-state index is 12.8. The van der Waals surface area contributed by atoms with Crippen molar-refractivity contribution in [3.8, 4) is 0 Å². The van der Waals surface area contributed by atoms with E-state index in [1.165, 1.54) is 32.1 Å². The number of nitrogens with two attached hydrogens (primary N) is 1. The summed E-state index contributed by atoms with van der Waals surface area (Å²) in [6.07, 6.45) is 12.7. The average Bonchev–Trinajstić information content (AvgIpc) is 2.68. The van der Waals surface area contributed by atoms with Crippen LogP contribution in [0, 0.1) is 5.41 Å². The molecule has 1 aliphatic carbocycles. The molecule has 3 aliphatic rings. The van der Waals surface area contributed by atoms with Gasteiger partial charge in [-0.05, 0) is 56.9 Å². The van der Waals surface area contributed by atoms with Gasteiger partial charge in [0, 0.05) is 26.1 Å². The second-order valence-electron chi connectivity index (χ2n) is 8.34. The van der Waals surface area contributed by atoms with Gasteiger partial charge in [0.25, 0.3) is 0 Å². The summed E-state index contributed by atoms with van der Waals surface area (Å²) >= 11 is 0. The van der Waals surface area contributed by atoms with E-state index in [-0.39, 0.29) is 30.0 Å². The van der Waals surface area contributed by atoms with Crippen LogP contribution < -0.4 is 5.73 Å². The molecule has 0 aromatic rings. The van der Waals surface area contributed by atoms with Gasteiger partial charge in [0.1, 0.15) is 0 Å². The first-order valence-corrected chi connectivity index (χ1v) is 10.4. The lowest BCUT2D eigenvalue weighted by Gasteiger charge is -2.39. The van der Waals surface area contributed by atoms with Gasteiger partial charge in [-0.25, -0.2) is 0 Å². The molecule has 2 saturated heterocycles. The molecule has 0 radical (unpaired) electrons. The summed E-state index contributed by atoms with van der Waals surface area (Å²) in [5, 5.41) is 0. The van der Waals surface area contributed by atoms with Gasteiger partial charge in [-0.3, -0.25) is 4.79 Å². The molecule has 0 aromatic carbocycles. The summed E-state index contributed by atoms with van der Waals surface area (Å²) in [6, 6.07) is 0. The first-order chi connectivity index (χ1) is 12.2. The monoisotopic (exact) mass is 388 g/mol. The third-order valence-corrected chi connectivity index (χ3v) is 6.46. The maximum atomic E-state index is 12.8. The van der Waals surface area contributed by atoms with Crippen LogP contribution in [0.25, 0.3) is 0 Å². The van der Waals surface area contributed by atoms with E-state index in [0.29, 0.717) is 18.9 Å². The fraction of sp³-hybridized carbons (Fsp3) is 0.950. The van der Waals surface area contributed by atoms with Crippen LogP contribution in [0.3, 0.4) is 0 Å². The number of likely N-dealkylation sites (tertiary alicyclic amines) is 1. The van der Waals surface area contributed by atoms with Crippen LogP contribution in [-0.4, -0.2) is 55.9 Å². The van der Waals surface area contributed by atoms with Crippen LogP contribution in [0.5, 0.6) is 0 Å². The smallest absolute Gasteiger partial charge is 0.223 e. The highest BCUT2D eigenvalue weighted by Crippen LogP contribution is 2.39. The van der Waals surface area contributed by atoms with Gasteiger partial charge in [0.05, 0.1) is 18.8 Å². The zero-order valence-corrected chi connectivity index (χ0v) is 16.9. The molecule has 6 heteroatoms. The number of hydrogen-bond donors (Lipinski definition) is 1. The highest BCUT2D eigenvalue weighted by atomic mass is 35.5. The predicted octanol–water partition coefficient (Wildman–Crippen LogP) is 3.28. The Balaban J connectivity index is 0.00000243. The Morgan fingerprint density at radius 1 is 1.08 bits per heavy atom. The van der Waals surface area contributed by atoms with E-state index in [0.717, 1.165) is 58.4 Å². The molecule has 2 heterocycles. The quantitative estimate of drug-likeness (QED) is 0.758. The lowest BCUT2D eigenvalue weighted by Crippen LogP contribution is -2.45. The summed E-state index contributed by atoms with van der Waals surface area (Å²) in [5.41, 5.74) is 6.12. The van der Waals surface area contributed by atoms with Gasteiger partial charge >= 0.3 is 0 Å². The summed E-state index contributed by atoms with van der Waals surface area (Å²) in [7, 11) is 0. The normalized spacial score (nSPS) is 27.0. The zero-order chi connectivity index (χ0) is 17.5. The number of amides is 1. The van der Waals surface area contributed by atoms with Crippen molar-refractivity contribution in [3.05, 3.63) is 0 Å². The van der Waals surface area contributed by atoms with E-state index in [4.69, 9.17) is 15.2 Å². The standard InChI is InChI=1S/C20H36N2O3.ClH/c21-16-20(9-3-1-4-10-20)14-19(23)22-11-7-17(8-12-22)25-15-18-6-2-5-13-24-18;/h17-18H,1-16,21H2;1H. The molecule has 0 bridgehead atoms. The number of carbonyl (C=O) groups excluding carboxylic acids is 1. The number of halogens is 1. The first-order valence-electron chi connectivity index (χ1n) is 10.4. The van der Waals surface area contributed by atoms with Crippen molar-refractivity contribution in [2.45, 2.75) is 82.8 Å². The highest BCUT2D eigenvalue weighted by molar-refractivity contribution is 5.85. The SMILES string of the molecule is Cl.NCC1(CC(=O)N2CCC(OCC3CCCCO3)CC2)CCCCC1. The van der Waals surface area contributed by atoms with Crippen LogP contribution in [0.2, 0.25) is 0 Å². The maximum Gasteiger partial charge on any atom is 0.223 e. The van der Waals surface area contributed by atoms with E-state index in [2.05, 4.69) is 0 Å². The second kappa shape index (κ2) is 10.8. The molecule has 26 heavy (non-hydrogen) atoms. The largest absolute Gasteiger partial charge is 0.376 e. The van der Waals surface area contributed by atoms with Crippen molar-refractivity contribution in [1.29, 1.82) is 0 Å². The van der Waals surface area contributed by atoms with Crippen LogP contribution >= 0.6 is 12.4 Å². The van der Waals surface area contributed by atoms with Gasteiger partial charge < -0.3 is 20.1 Å². The highest BCUT2D eigenvalue weighted by Gasteiger charge is 2.35. The molecule has 152 valence electrons. The minimum Gasteiger partial charge on any atom is -0.376 e. The van der Waals surface area contributed by atoms with Gasteiger partial charge in [-0.1, -0.05) is 19.3 Å². The summed E-state index contributed by atoms with van der Waals surface area (Å²) in [4.78, 5) is 14.8. The Morgan fingerprint density at radius 3 is 2.42 bits per heavy atom. The molecule has 3 fully saturated rings. The van der Waals surface area contributed by atoms with Gasteiger partial charge in [-0.15, -0.1) is 12.4 Å². The Labute approximate surface area is 164 Å². The van der Waals surface area contributed by atoms with Crippen molar-refractivity contribution < 1.29 is 14.3 Å². The van der Waals surface area contributed by atoms with Crippen molar-refractivity contribution in [3.63, 3.8) is 0 Å². The van der Waals surface area contributed by atoms with Crippen LogP contribution in [0.4, 0.5) is 0 Å². The van der Waals surface area contributed by atoms with Crippen molar-refractivity contribution >= 4 is 18.3 Å². The van der Waals surface area contributed by atoms with Crippen LogP contribution in [0.1, 0.15) is 70.6 Å². The second-order valence-corrected chi connectivity index (χ2v) is 8.34. The molecular weight excluding hydrogens is 352 g/mol. The minimum atomic E-state index is 0. The third-order valence-electron chi connectivity index (χ3n) is 6.46. The predicted molar refractivity (Wildman–Crippen MR) is 106 cm³/mol. The number of carbonyl (C=O) groups is 1. The fourth-order valence-electron chi connectivity index (χ4n) is 4.64. The molecule has 1 saturated carbocycles. The fourth-order valence-corrected chi connectivity index (χ4v) is 4.64. The first kappa shape index (κ1) is 21.9. The number of ether oxygens (including phenoxy) is 2. The summed E-state index contributed by atoms with van der Waals surface area (Å²) in [6.45, 7) is 3.91. The Kier molecular flexibility index (Phi) is 9.15. The lowest BCUT2D eigenvalue weighted by molar-refractivity contribution is -0.137. The van der Waals surface area contributed by atoms with Crippen LogP contribution in [-0.2, 0) is 14.3 Å². The molecule has 5 nitrogen and oxygen atoms in total. The molecule has 0 aromatic heterocycles. The molecule has 3 rings (SSSR count). The Morgan fingerprint density at radius 2 is 1.81 bits per heavy atom. The Bertz CT molecular complexity index is 415. The zero-order valence-electron chi connectivity index (χ0n) is 16.1. The summed E-state index contributed by atoms with van der Waals surface area (Å²) < 4.78 is 11.8. The van der Waals surface area contributed by atoms with Gasteiger partial charge in [-0.2, -0.15) is 0 Å². The molecule has 2 N–H and O–H groups in total. The van der Waals surface area contributed by atoms with E-state index in [1.807, 2.05) is 4.90 Å². The molecule has 1 atom stereocenters. The Hall–Kier alpha value is -0.360. The average molecular weight is 389 g/mol. The minimum absolute atomic E-state index is 0. The van der Waals surface area contributed by atoms with E-state index >= 15 is 0 Å². The molecule has 1 amide bonds. The van der Waals surface area contributed by atoms with Crippen molar-refractivity contribution in [2.75, 3.05) is 32.8 Å². The van der Waals surface area contributed by atoms with E-state index < -0.39 is 0 Å². The third kappa shape index (κ3) is 6.08. The molecule has 0 spiro atoms. The summed E-state index contributed by atoms with van der Waals surface area (Å²) in [5.74, 6) is 0.307. The molecule has 1 unspecified atom stereocenters. The van der Waals surface area contributed by atoms with Gasteiger partial charge in [0.15, 0.2) is 0 Å². The van der Waals surface area contributed by atoms with Crippen molar-refractivity contribution in [1.82, 2.24) is 4.90 Å². The lowest BCUT2D eigenvalue weighted by atomic mass is 9.71. The molecular formula is C20H37ClN2O3. The topological polar surface area (TPSA) is 64.8 Å². The van der Waals surface area contributed by atoms with Crippen molar-refractivity contribution in [2.24, 2.45) is 11.1 Å². The van der Waals surface area contributed by atoms with Gasteiger partial charge in [0.2, 0.25) is 5.91 Å². The molecule has 2 aliphatic heterocycles. The number of nitrogens with zero attached hydrogens (tertiary/aromatic N) is 1.